The SMILES string of the molecule is CC(C)NC(=O)COC(=O)CNC(=O)Cc1cccc2ccccc12. The zero-order chi connectivity index (χ0) is 18.2. The normalized spacial score (nSPS) is 10.5. The summed E-state index contributed by atoms with van der Waals surface area (Å²) in [6, 6.07) is 13.5. The Labute approximate surface area is 146 Å². The fourth-order valence-corrected chi connectivity index (χ4v) is 2.41. The largest absolute Gasteiger partial charge is 0.454 e. The molecule has 0 heterocycles. The monoisotopic (exact) mass is 342 g/mol. The van der Waals surface area contributed by atoms with Gasteiger partial charge in [0.1, 0.15) is 6.54 Å². The number of rotatable bonds is 7. The molecule has 0 spiro atoms. The third-order valence-electron chi connectivity index (χ3n) is 3.47. The molecule has 0 aliphatic rings. The van der Waals surface area contributed by atoms with E-state index in [0.29, 0.717) is 0 Å². The molecule has 0 bridgehead atoms. The molecule has 2 amide bonds. The molecule has 132 valence electrons. The molecule has 0 aromatic heterocycles. The van der Waals surface area contributed by atoms with Crippen molar-refractivity contribution in [1.82, 2.24) is 10.6 Å². The first kappa shape index (κ1) is 18.4. The van der Waals surface area contributed by atoms with Crippen molar-refractivity contribution in [3.05, 3.63) is 48.0 Å². The van der Waals surface area contributed by atoms with Gasteiger partial charge in [-0.05, 0) is 30.2 Å². The zero-order valence-electron chi connectivity index (χ0n) is 14.4. The Bertz CT molecular complexity index is 766. The number of hydrogen-bond donors (Lipinski definition) is 2. The quantitative estimate of drug-likeness (QED) is 0.748. The molecule has 0 atom stereocenters. The summed E-state index contributed by atoms with van der Waals surface area (Å²) in [4.78, 5) is 35.0. The van der Waals surface area contributed by atoms with E-state index in [1.54, 1.807) is 0 Å². The molecule has 2 rings (SSSR count). The lowest BCUT2D eigenvalue weighted by molar-refractivity contribution is -0.148. The van der Waals surface area contributed by atoms with E-state index in [1.807, 2.05) is 56.3 Å². The molecule has 0 aliphatic heterocycles. The second kappa shape index (κ2) is 8.82. The summed E-state index contributed by atoms with van der Waals surface area (Å²) in [5.41, 5.74) is 0.889. The Balaban J connectivity index is 1.80. The van der Waals surface area contributed by atoms with Crippen LogP contribution in [-0.2, 0) is 25.5 Å². The number of fused-ring (bicyclic) bond motifs is 1. The molecule has 2 aromatic carbocycles. The van der Waals surface area contributed by atoms with Crippen molar-refractivity contribution in [3.8, 4) is 0 Å². The van der Waals surface area contributed by atoms with Crippen LogP contribution in [-0.4, -0.2) is 37.0 Å². The highest BCUT2D eigenvalue weighted by molar-refractivity contribution is 5.91. The van der Waals surface area contributed by atoms with Crippen molar-refractivity contribution in [2.24, 2.45) is 0 Å². The first-order chi connectivity index (χ1) is 12.0. The first-order valence-electron chi connectivity index (χ1n) is 8.14. The van der Waals surface area contributed by atoms with E-state index in [0.717, 1.165) is 16.3 Å². The van der Waals surface area contributed by atoms with Crippen LogP contribution in [0.15, 0.2) is 42.5 Å². The smallest absolute Gasteiger partial charge is 0.325 e. The minimum atomic E-state index is -0.648. The van der Waals surface area contributed by atoms with Crippen LogP contribution in [0.4, 0.5) is 0 Å². The number of nitrogens with one attached hydrogen (secondary N) is 2. The lowest BCUT2D eigenvalue weighted by Gasteiger charge is -2.10. The third kappa shape index (κ3) is 5.91. The number of amides is 2. The Hall–Kier alpha value is -2.89. The van der Waals surface area contributed by atoms with Gasteiger partial charge in [0, 0.05) is 6.04 Å². The predicted octanol–water partition coefficient (Wildman–Crippen LogP) is 1.57. The minimum absolute atomic E-state index is 0.0217. The number of benzene rings is 2. The summed E-state index contributed by atoms with van der Waals surface area (Å²) in [5.74, 6) is -1.30. The van der Waals surface area contributed by atoms with Crippen LogP contribution in [0.1, 0.15) is 19.4 Å². The van der Waals surface area contributed by atoms with Crippen molar-refractivity contribution >= 4 is 28.6 Å². The number of esters is 1. The second-order valence-electron chi connectivity index (χ2n) is 5.97. The van der Waals surface area contributed by atoms with Gasteiger partial charge in [0.05, 0.1) is 6.42 Å². The van der Waals surface area contributed by atoms with Gasteiger partial charge in [-0.2, -0.15) is 0 Å². The van der Waals surface area contributed by atoms with Crippen LogP contribution in [0.3, 0.4) is 0 Å². The lowest BCUT2D eigenvalue weighted by atomic mass is 10.0. The Morgan fingerprint density at radius 3 is 2.48 bits per heavy atom. The van der Waals surface area contributed by atoms with Gasteiger partial charge in [0.2, 0.25) is 5.91 Å². The Morgan fingerprint density at radius 2 is 1.72 bits per heavy atom. The van der Waals surface area contributed by atoms with Gasteiger partial charge >= 0.3 is 5.97 Å². The summed E-state index contributed by atoms with van der Waals surface area (Å²) >= 11 is 0. The second-order valence-corrected chi connectivity index (χ2v) is 5.97. The summed E-state index contributed by atoms with van der Waals surface area (Å²) in [6.07, 6.45) is 0.169. The lowest BCUT2D eigenvalue weighted by Crippen LogP contribution is -2.36. The molecule has 0 radical (unpaired) electrons. The standard InChI is InChI=1S/C19H22N2O4/c1-13(2)21-18(23)12-25-19(24)11-20-17(22)10-15-8-5-7-14-6-3-4-9-16(14)15/h3-9,13H,10-12H2,1-2H3,(H,20,22)(H,21,23). The maximum Gasteiger partial charge on any atom is 0.325 e. The molecule has 0 saturated carbocycles. The zero-order valence-corrected chi connectivity index (χ0v) is 14.4. The molecule has 0 saturated heterocycles. The molecule has 0 fully saturated rings. The van der Waals surface area contributed by atoms with Crippen molar-refractivity contribution in [2.75, 3.05) is 13.2 Å². The van der Waals surface area contributed by atoms with E-state index >= 15 is 0 Å². The van der Waals surface area contributed by atoms with Gasteiger partial charge in [-0.3, -0.25) is 14.4 Å². The van der Waals surface area contributed by atoms with Gasteiger partial charge in [0.25, 0.3) is 5.91 Å². The van der Waals surface area contributed by atoms with Gasteiger partial charge in [0.15, 0.2) is 6.61 Å². The molecule has 0 unspecified atom stereocenters. The molecular formula is C19H22N2O4. The van der Waals surface area contributed by atoms with Crippen LogP contribution in [0, 0.1) is 0 Å². The van der Waals surface area contributed by atoms with Gasteiger partial charge in [-0.15, -0.1) is 0 Å². The summed E-state index contributed by atoms with van der Waals surface area (Å²) in [5, 5.41) is 7.19. The molecule has 6 nitrogen and oxygen atoms in total. The highest BCUT2D eigenvalue weighted by Gasteiger charge is 2.11. The number of hydrogen-bond acceptors (Lipinski definition) is 4. The highest BCUT2D eigenvalue weighted by Crippen LogP contribution is 2.18. The fourth-order valence-electron chi connectivity index (χ4n) is 2.41. The van der Waals surface area contributed by atoms with Gasteiger partial charge in [-0.25, -0.2) is 0 Å². The van der Waals surface area contributed by atoms with Gasteiger partial charge < -0.3 is 15.4 Å². The van der Waals surface area contributed by atoms with E-state index in [-0.39, 0.29) is 37.4 Å². The van der Waals surface area contributed by atoms with E-state index in [1.165, 1.54) is 0 Å². The third-order valence-corrected chi connectivity index (χ3v) is 3.47. The Kier molecular flexibility index (Phi) is 6.51. The van der Waals surface area contributed by atoms with Crippen molar-refractivity contribution in [1.29, 1.82) is 0 Å². The summed E-state index contributed by atoms with van der Waals surface area (Å²) < 4.78 is 4.81. The average Bonchev–Trinajstić information content (AvgIpc) is 2.58. The van der Waals surface area contributed by atoms with Crippen molar-refractivity contribution in [2.45, 2.75) is 26.3 Å². The summed E-state index contributed by atoms with van der Waals surface area (Å²) in [7, 11) is 0. The molecule has 25 heavy (non-hydrogen) atoms. The average molecular weight is 342 g/mol. The van der Waals surface area contributed by atoms with Crippen LogP contribution >= 0.6 is 0 Å². The van der Waals surface area contributed by atoms with Crippen LogP contribution in [0.2, 0.25) is 0 Å². The topological polar surface area (TPSA) is 84.5 Å². The van der Waals surface area contributed by atoms with E-state index in [4.69, 9.17) is 4.74 Å². The first-order valence-corrected chi connectivity index (χ1v) is 8.14. The van der Waals surface area contributed by atoms with E-state index < -0.39 is 5.97 Å². The molecular weight excluding hydrogens is 320 g/mol. The minimum Gasteiger partial charge on any atom is -0.454 e. The molecule has 0 aliphatic carbocycles. The molecule has 6 heteroatoms. The van der Waals surface area contributed by atoms with Crippen molar-refractivity contribution in [3.63, 3.8) is 0 Å². The maximum atomic E-state index is 12.0. The van der Waals surface area contributed by atoms with Crippen LogP contribution in [0.25, 0.3) is 10.8 Å². The maximum absolute atomic E-state index is 12.0. The molecule has 2 aromatic rings. The van der Waals surface area contributed by atoms with Crippen molar-refractivity contribution < 1.29 is 19.1 Å². The predicted molar refractivity (Wildman–Crippen MR) is 94.9 cm³/mol. The van der Waals surface area contributed by atoms with E-state index in [9.17, 15) is 14.4 Å². The number of carbonyl (C=O) groups excluding carboxylic acids is 3. The van der Waals surface area contributed by atoms with Gasteiger partial charge in [-0.1, -0.05) is 42.5 Å². The number of carbonyl (C=O) groups is 3. The van der Waals surface area contributed by atoms with E-state index in [2.05, 4.69) is 10.6 Å². The van der Waals surface area contributed by atoms with Crippen LogP contribution in [0.5, 0.6) is 0 Å². The number of ether oxygens (including phenoxy) is 1. The fraction of sp³-hybridized carbons (Fsp3) is 0.316. The molecule has 2 N–H and O–H groups in total. The Morgan fingerprint density at radius 1 is 1.00 bits per heavy atom. The summed E-state index contributed by atoms with van der Waals surface area (Å²) in [6.45, 7) is 3.01. The highest BCUT2D eigenvalue weighted by atomic mass is 16.5. The van der Waals surface area contributed by atoms with Crippen LogP contribution < -0.4 is 10.6 Å².